The molecule has 0 spiro atoms. The van der Waals surface area contributed by atoms with Gasteiger partial charge in [0, 0.05) is 0 Å². The van der Waals surface area contributed by atoms with E-state index in [1.807, 2.05) is 20.8 Å². The highest BCUT2D eigenvalue weighted by Gasteiger charge is 2.35. The molecule has 0 aromatic carbocycles. The van der Waals surface area contributed by atoms with Crippen molar-refractivity contribution in [3.63, 3.8) is 0 Å². The van der Waals surface area contributed by atoms with Gasteiger partial charge < -0.3 is 0 Å². The molecule has 0 nitrogen and oxygen atoms in total. The molecule has 0 bridgehead atoms. The maximum absolute atomic E-state index is 3.36. The highest BCUT2D eigenvalue weighted by molar-refractivity contribution is 4.84. The Morgan fingerprint density at radius 2 is 1.13 bits per heavy atom. The van der Waals surface area contributed by atoms with E-state index >= 15 is 0 Å². The van der Waals surface area contributed by atoms with Gasteiger partial charge in [0.25, 0.3) is 0 Å². The van der Waals surface area contributed by atoms with Gasteiger partial charge in [-0.2, -0.15) is 0 Å². The fraction of sp³-hybridized carbons (Fsp3) is 0.867. The molecule has 0 unspecified atom stereocenters. The van der Waals surface area contributed by atoms with Crippen LogP contribution in [0.2, 0.25) is 0 Å². The topological polar surface area (TPSA) is 0 Å². The van der Waals surface area contributed by atoms with Crippen molar-refractivity contribution in [2.75, 3.05) is 0 Å². The summed E-state index contributed by atoms with van der Waals surface area (Å²) in [6, 6.07) is 0. The van der Waals surface area contributed by atoms with E-state index in [0.717, 1.165) is 5.92 Å². The molecule has 0 aliphatic carbocycles. The second-order valence-electron chi connectivity index (χ2n) is 5.53. The summed E-state index contributed by atoms with van der Waals surface area (Å²) in [6.45, 7) is 25.5. The molecule has 0 saturated heterocycles. The second-order valence-corrected chi connectivity index (χ2v) is 5.53. The number of hydrogen-bond acceptors (Lipinski definition) is 0. The Kier molecular flexibility index (Phi) is 12.1. The van der Waals surface area contributed by atoms with Crippen molar-refractivity contribution < 1.29 is 0 Å². The molecule has 15 heavy (non-hydrogen) atoms. The van der Waals surface area contributed by atoms with Gasteiger partial charge in [-0.25, -0.2) is 0 Å². The standard InChI is InChI=1S/C10H22.C3H6.C2H6/c1-8(2)10(6,7)9(3,4)5;1-3-2;1-2/h8H,1-7H3;3H,1H2,2H3;1-2H3. The first kappa shape index (κ1) is 20.2. The summed E-state index contributed by atoms with van der Waals surface area (Å²) in [6.07, 6.45) is 1.75. The van der Waals surface area contributed by atoms with Crippen LogP contribution in [0, 0.1) is 16.7 Å². The molecule has 0 amide bonds. The second kappa shape index (κ2) is 9.00. The first-order valence-corrected chi connectivity index (χ1v) is 6.18. The lowest BCUT2D eigenvalue weighted by molar-refractivity contribution is 0.0737. The normalized spacial score (nSPS) is 10.9. The molecule has 0 aliphatic rings. The van der Waals surface area contributed by atoms with Crippen LogP contribution in [0.4, 0.5) is 0 Å². The average molecular weight is 214 g/mol. The smallest absolute Gasteiger partial charge is 0.0283 e. The highest BCUT2D eigenvalue weighted by atomic mass is 14.4. The number of rotatable bonds is 1. The van der Waals surface area contributed by atoms with E-state index in [1.165, 1.54) is 0 Å². The molecule has 0 aliphatic heterocycles. The lowest BCUT2D eigenvalue weighted by Gasteiger charge is -2.42. The Hall–Kier alpha value is -0.260. The summed E-state index contributed by atoms with van der Waals surface area (Å²) >= 11 is 0. The first-order valence-electron chi connectivity index (χ1n) is 6.18. The number of allylic oxidation sites excluding steroid dienone is 1. The van der Waals surface area contributed by atoms with Gasteiger partial charge in [-0.15, -0.1) is 6.58 Å². The zero-order valence-electron chi connectivity index (χ0n) is 12.9. The van der Waals surface area contributed by atoms with Gasteiger partial charge in [0.15, 0.2) is 0 Å². The SMILES string of the molecule is C=CC.CC.CC(C)C(C)(C)C(C)(C)C. The van der Waals surface area contributed by atoms with Crippen molar-refractivity contribution in [2.45, 2.75) is 69.2 Å². The molecule has 0 atom stereocenters. The lowest BCUT2D eigenvalue weighted by Crippen LogP contribution is -2.34. The summed E-state index contributed by atoms with van der Waals surface area (Å²) < 4.78 is 0. The summed E-state index contributed by atoms with van der Waals surface area (Å²) in [5.41, 5.74) is 0.855. The van der Waals surface area contributed by atoms with Gasteiger partial charge in [-0.3, -0.25) is 0 Å². The van der Waals surface area contributed by atoms with E-state index in [2.05, 4.69) is 55.0 Å². The minimum Gasteiger partial charge on any atom is -0.103 e. The van der Waals surface area contributed by atoms with E-state index < -0.39 is 0 Å². The van der Waals surface area contributed by atoms with Crippen LogP contribution >= 0.6 is 0 Å². The Morgan fingerprint density at radius 3 is 1.13 bits per heavy atom. The number of hydrogen-bond donors (Lipinski definition) is 0. The van der Waals surface area contributed by atoms with Crippen molar-refractivity contribution in [1.82, 2.24) is 0 Å². The predicted octanol–water partition coefficient (Wildman–Crippen LogP) is 5.93. The third kappa shape index (κ3) is 8.72. The van der Waals surface area contributed by atoms with Crippen LogP contribution in [0.3, 0.4) is 0 Å². The quantitative estimate of drug-likeness (QED) is 0.474. The molecule has 0 rings (SSSR count). The first-order chi connectivity index (χ1) is 6.61. The molecular formula is C15H34. The molecule has 0 aromatic heterocycles. The maximum Gasteiger partial charge on any atom is -0.0283 e. The van der Waals surface area contributed by atoms with Crippen LogP contribution in [-0.2, 0) is 0 Å². The van der Waals surface area contributed by atoms with Gasteiger partial charge in [-0.05, 0) is 23.7 Å². The lowest BCUT2D eigenvalue weighted by atomic mass is 9.63. The molecule has 0 saturated carbocycles. The van der Waals surface area contributed by atoms with Crippen molar-refractivity contribution in [3.05, 3.63) is 12.7 Å². The van der Waals surface area contributed by atoms with E-state index in [-0.39, 0.29) is 0 Å². The van der Waals surface area contributed by atoms with E-state index in [0.29, 0.717) is 10.8 Å². The van der Waals surface area contributed by atoms with Crippen LogP contribution in [0.5, 0.6) is 0 Å². The Labute approximate surface area is 99.2 Å². The monoisotopic (exact) mass is 214 g/mol. The Bertz CT molecular complexity index is 133. The van der Waals surface area contributed by atoms with Crippen LogP contribution in [0.15, 0.2) is 12.7 Å². The fourth-order valence-electron chi connectivity index (χ4n) is 0.866. The van der Waals surface area contributed by atoms with Crippen molar-refractivity contribution in [2.24, 2.45) is 16.7 Å². The molecule has 0 radical (unpaired) electrons. The fourth-order valence-corrected chi connectivity index (χ4v) is 0.866. The molecule has 94 valence electrons. The third-order valence-electron chi connectivity index (χ3n) is 3.38. The molecule has 0 fully saturated rings. The summed E-state index contributed by atoms with van der Waals surface area (Å²) in [4.78, 5) is 0. The molecule has 0 heterocycles. The van der Waals surface area contributed by atoms with Gasteiger partial charge >= 0.3 is 0 Å². The molecule has 0 N–H and O–H groups in total. The third-order valence-corrected chi connectivity index (χ3v) is 3.38. The zero-order valence-corrected chi connectivity index (χ0v) is 12.9. The minimum atomic E-state index is 0.418. The predicted molar refractivity (Wildman–Crippen MR) is 75.3 cm³/mol. The summed E-state index contributed by atoms with van der Waals surface area (Å²) in [5, 5.41) is 0. The van der Waals surface area contributed by atoms with Gasteiger partial charge in [-0.1, -0.05) is 68.4 Å². The van der Waals surface area contributed by atoms with Crippen LogP contribution in [0.25, 0.3) is 0 Å². The summed E-state index contributed by atoms with van der Waals surface area (Å²) in [5.74, 6) is 0.757. The van der Waals surface area contributed by atoms with Crippen molar-refractivity contribution >= 4 is 0 Å². The van der Waals surface area contributed by atoms with Crippen LogP contribution in [0.1, 0.15) is 69.2 Å². The Morgan fingerprint density at radius 1 is 0.933 bits per heavy atom. The highest BCUT2D eigenvalue weighted by Crippen LogP contribution is 2.43. The zero-order chi connectivity index (χ0) is 13.3. The summed E-state index contributed by atoms with van der Waals surface area (Å²) in [7, 11) is 0. The minimum absolute atomic E-state index is 0.418. The van der Waals surface area contributed by atoms with Gasteiger partial charge in [0.1, 0.15) is 0 Å². The molecule has 0 heteroatoms. The van der Waals surface area contributed by atoms with E-state index in [1.54, 1.807) is 6.08 Å². The van der Waals surface area contributed by atoms with Crippen LogP contribution in [-0.4, -0.2) is 0 Å². The van der Waals surface area contributed by atoms with E-state index in [9.17, 15) is 0 Å². The van der Waals surface area contributed by atoms with Gasteiger partial charge in [0.05, 0.1) is 0 Å². The largest absolute Gasteiger partial charge is 0.103 e. The maximum atomic E-state index is 3.36. The van der Waals surface area contributed by atoms with E-state index in [4.69, 9.17) is 0 Å². The van der Waals surface area contributed by atoms with Crippen molar-refractivity contribution in [3.8, 4) is 0 Å². The molecular weight excluding hydrogens is 180 g/mol. The average Bonchev–Trinajstić information content (AvgIpc) is 2.07. The van der Waals surface area contributed by atoms with Gasteiger partial charge in [0.2, 0.25) is 0 Å². The van der Waals surface area contributed by atoms with Crippen LogP contribution < -0.4 is 0 Å². The molecule has 0 aromatic rings. The van der Waals surface area contributed by atoms with Crippen molar-refractivity contribution in [1.29, 1.82) is 0 Å². The Balaban J connectivity index is -0.000000245.